The number of rotatable bonds is 4. The second-order valence-electron chi connectivity index (χ2n) is 5.86. The van der Waals surface area contributed by atoms with Crippen LogP contribution >= 0.6 is 0 Å². The van der Waals surface area contributed by atoms with Gasteiger partial charge in [0, 0.05) is 6.07 Å². The van der Waals surface area contributed by atoms with E-state index < -0.39 is 0 Å². The number of imidazole rings is 1. The molecule has 0 aliphatic carbocycles. The molecule has 0 radical (unpaired) electrons. The molecule has 0 amide bonds. The van der Waals surface area contributed by atoms with Gasteiger partial charge in [-0.3, -0.25) is 4.57 Å². The van der Waals surface area contributed by atoms with Gasteiger partial charge in [0.15, 0.2) is 17.1 Å². The minimum atomic E-state index is -0.182. The van der Waals surface area contributed by atoms with E-state index in [1.54, 1.807) is 27.4 Å². The molecule has 26 heavy (non-hydrogen) atoms. The second kappa shape index (κ2) is 6.11. The van der Waals surface area contributed by atoms with Crippen molar-refractivity contribution in [2.24, 2.45) is 0 Å². The maximum Gasteiger partial charge on any atom is 0.340 e. The van der Waals surface area contributed by atoms with Gasteiger partial charge in [0.1, 0.15) is 6.33 Å². The summed E-state index contributed by atoms with van der Waals surface area (Å²) in [6.07, 6.45) is 1.50. The number of phenolic OH excluding ortho intramolecular Hbond substituents is 1. The zero-order valence-corrected chi connectivity index (χ0v) is 14.5. The Hall–Kier alpha value is -3.48. The van der Waals surface area contributed by atoms with Gasteiger partial charge in [-0.25, -0.2) is 13.9 Å². The molecule has 0 bridgehead atoms. The van der Waals surface area contributed by atoms with Crippen LogP contribution in [0, 0.1) is 6.92 Å². The molecule has 1 N–H and O–H groups in total. The summed E-state index contributed by atoms with van der Waals surface area (Å²) in [4.78, 5) is 12.8. The first-order valence-corrected chi connectivity index (χ1v) is 8.31. The highest BCUT2D eigenvalue weighted by molar-refractivity contribution is 5.56. The van der Waals surface area contributed by atoms with E-state index in [2.05, 4.69) is 5.10 Å². The van der Waals surface area contributed by atoms with Gasteiger partial charge in [0.25, 0.3) is 0 Å². The Morgan fingerprint density at radius 3 is 2.62 bits per heavy atom. The number of hydrogen-bond acceptors (Lipinski definition) is 4. The molecular weight excluding hydrogens is 332 g/mol. The number of aryl methyl sites for hydroxylation is 1. The lowest BCUT2D eigenvalue weighted by atomic mass is 10.2. The average molecular weight is 350 g/mol. The van der Waals surface area contributed by atoms with Crippen LogP contribution in [0.4, 0.5) is 0 Å². The summed E-state index contributed by atoms with van der Waals surface area (Å²) < 4.78 is 10.3. The zero-order valence-electron chi connectivity index (χ0n) is 14.5. The van der Waals surface area contributed by atoms with Crippen LogP contribution in [0.3, 0.4) is 0 Å². The molecule has 132 valence electrons. The van der Waals surface area contributed by atoms with Crippen molar-refractivity contribution in [1.82, 2.24) is 18.7 Å². The SMILES string of the molecule is CCOc1cc(-n2ncn3c(=O)n(-c4ccccc4)c(C)c23)ccc1O. The highest BCUT2D eigenvalue weighted by atomic mass is 16.5. The standard InChI is InChI=1S/C19H18N4O3/c1-3-26-17-11-15(9-10-16(17)24)23-18-13(2)22(14-7-5-4-6-8-14)19(25)21(18)12-20-23/h4-12,24H,3H2,1-2H3. The minimum Gasteiger partial charge on any atom is -0.504 e. The molecule has 0 aliphatic rings. The van der Waals surface area contributed by atoms with Gasteiger partial charge in [0.2, 0.25) is 0 Å². The second-order valence-corrected chi connectivity index (χ2v) is 5.86. The number of aromatic nitrogens is 4. The fourth-order valence-corrected chi connectivity index (χ4v) is 3.11. The van der Waals surface area contributed by atoms with Crippen molar-refractivity contribution < 1.29 is 9.84 Å². The van der Waals surface area contributed by atoms with E-state index in [9.17, 15) is 9.90 Å². The first-order chi connectivity index (χ1) is 12.6. The molecule has 4 rings (SSSR count). The Morgan fingerprint density at radius 2 is 1.88 bits per heavy atom. The molecule has 0 aliphatic heterocycles. The molecule has 2 aromatic heterocycles. The van der Waals surface area contributed by atoms with Crippen molar-refractivity contribution in [1.29, 1.82) is 0 Å². The fraction of sp³-hybridized carbons (Fsp3) is 0.158. The molecule has 0 atom stereocenters. The van der Waals surface area contributed by atoms with Crippen molar-refractivity contribution >= 4 is 5.65 Å². The monoisotopic (exact) mass is 350 g/mol. The van der Waals surface area contributed by atoms with Crippen molar-refractivity contribution in [2.75, 3.05) is 6.61 Å². The topological polar surface area (TPSA) is 73.7 Å². The van der Waals surface area contributed by atoms with E-state index in [1.165, 1.54) is 10.7 Å². The Kier molecular flexibility index (Phi) is 3.76. The Balaban J connectivity index is 1.94. The lowest BCUT2D eigenvalue weighted by Crippen LogP contribution is -2.18. The highest BCUT2D eigenvalue weighted by Gasteiger charge is 2.18. The minimum absolute atomic E-state index is 0.0646. The van der Waals surface area contributed by atoms with Gasteiger partial charge in [-0.15, -0.1) is 0 Å². The van der Waals surface area contributed by atoms with Crippen LogP contribution in [-0.2, 0) is 0 Å². The van der Waals surface area contributed by atoms with E-state index in [1.807, 2.05) is 44.2 Å². The summed E-state index contributed by atoms with van der Waals surface area (Å²) in [6, 6.07) is 14.5. The molecule has 0 fully saturated rings. The predicted molar refractivity (Wildman–Crippen MR) is 97.7 cm³/mol. The number of benzene rings is 2. The van der Waals surface area contributed by atoms with Crippen LogP contribution in [-0.4, -0.2) is 30.5 Å². The number of para-hydroxylation sites is 1. The molecule has 7 nitrogen and oxygen atoms in total. The maximum atomic E-state index is 12.8. The molecule has 4 aromatic rings. The fourth-order valence-electron chi connectivity index (χ4n) is 3.11. The van der Waals surface area contributed by atoms with Crippen molar-refractivity contribution in [3.8, 4) is 22.9 Å². The Labute approximate surface area is 149 Å². The molecule has 2 heterocycles. The van der Waals surface area contributed by atoms with Crippen molar-refractivity contribution in [3.05, 3.63) is 71.0 Å². The molecule has 0 unspecified atom stereocenters. The van der Waals surface area contributed by atoms with Crippen LogP contribution in [0.1, 0.15) is 12.6 Å². The van der Waals surface area contributed by atoms with E-state index in [0.29, 0.717) is 23.7 Å². The quantitative estimate of drug-likeness (QED) is 0.614. The molecule has 2 aromatic carbocycles. The number of aromatic hydroxyl groups is 1. The Morgan fingerprint density at radius 1 is 1.12 bits per heavy atom. The largest absolute Gasteiger partial charge is 0.504 e. The predicted octanol–water partition coefficient (Wildman–Crippen LogP) is 2.69. The van der Waals surface area contributed by atoms with Crippen molar-refractivity contribution in [3.63, 3.8) is 0 Å². The van der Waals surface area contributed by atoms with Crippen molar-refractivity contribution in [2.45, 2.75) is 13.8 Å². The lowest BCUT2D eigenvalue weighted by molar-refractivity contribution is 0.318. The van der Waals surface area contributed by atoms with E-state index in [0.717, 1.165) is 11.4 Å². The van der Waals surface area contributed by atoms with E-state index in [4.69, 9.17) is 4.74 Å². The normalized spacial score (nSPS) is 11.2. The smallest absolute Gasteiger partial charge is 0.340 e. The molecule has 7 heteroatoms. The third-order valence-electron chi connectivity index (χ3n) is 4.27. The summed E-state index contributed by atoms with van der Waals surface area (Å²) in [5.74, 6) is 0.441. The van der Waals surface area contributed by atoms with Gasteiger partial charge in [0.05, 0.1) is 23.7 Å². The van der Waals surface area contributed by atoms with Gasteiger partial charge >= 0.3 is 5.69 Å². The van der Waals surface area contributed by atoms with Gasteiger partial charge in [-0.05, 0) is 38.1 Å². The summed E-state index contributed by atoms with van der Waals surface area (Å²) >= 11 is 0. The molecular formula is C19H18N4O3. The molecule has 0 spiro atoms. The summed E-state index contributed by atoms with van der Waals surface area (Å²) in [7, 11) is 0. The number of phenols is 1. The van der Waals surface area contributed by atoms with Crippen LogP contribution in [0.5, 0.6) is 11.5 Å². The number of nitrogens with zero attached hydrogens (tertiary/aromatic N) is 4. The van der Waals surface area contributed by atoms with Crippen LogP contribution in [0.25, 0.3) is 17.0 Å². The first kappa shape index (κ1) is 16.0. The Bertz CT molecular complexity index is 1140. The number of fused-ring (bicyclic) bond motifs is 1. The summed E-state index contributed by atoms with van der Waals surface area (Å²) in [5.41, 5.74) is 2.74. The van der Waals surface area contributed by atoms with E-state index in [-0.39, 0.29) is 11.4 Å². The maximum absolute atomic E-state index is 12.8. The average Bonchev–Trinajstić information content (AvgIpc) is 3.19. The molecule has 0 saturated heterocycles. The zero-order chi connectivity index (χ0) is 18.3. The number of hydrogen-bond donors (Lipinski definition) is 1. The van der Waals surface area contributed by atoms with Gasteiger partial charge in [-0.2, -0.15) is 5.10 Å². The third-order valence-corrected chi connectivity index (χ3v) is 4.27. The lowest BCUT2D eigenvalue weighted by Gasteiger charge is -2.09. The van der Waals surface area contributed by atoms with Gasteiger partial charge < -0.3 is 9.84 Å². The van der Waals surface area contributed by atoms with Crippen LogP contribution in [0.15, 0.2) is 59.7 Å². The van der Waals surface area contributed by atoms with Crippen LogP contribution < -0.4 is 10.4 Å². The first-order valence-electron chi connectivity index (χ1n) is 8.31. The molecule has 0 saturated carbocycles. The summed E-state index contributed by atoms with van der Waals surface area (Å²) in [6.45, 7) is 4.17. The highest BCUT2D eigenvalue weighted by Crippen LogP contribution is 2.29. The van der Waals surface area contributed by atoms with E-state index >= 15 is 0 Å². The number of ether oxygens (including phenoxy) is 1. The van der Waals surface area contributed by atoms with Crippen LogP contribution in [0.2, 0.25) is 0 Å². The van der Waals surface area contributed by atoms with Gasteiger partial charge in [-0.1, -0.05) is 18.2 Å². The third kappa shape index (κ3) is 2.36. The summed E-state index contributed by atoms with van der Waals surface area (Å²) in [5, 5.41) is 14.3.